The molecule has 0 bridgehead atoms. The Morgan fingerprint density at radius 3 is 2.59 bits per heavy atom. The van der Waals surface area contributed by atoms with Gasteiger partial charge >= 0.3 is 0 Å². The summed E-state index contributed by atoms with van der Waals surface area (Å²) < 4.78 is 2.00. The Morgan fingerprint density at radius 2 is 2.00 bits per heavy atom. The maximum Gasteiger partial charge on any atom is 0.135 e. The van der Waals surface area contributed by atoms with Crippen LogP contribution in [-0.4, -0.2) is 9.78 Å². The van der Waals surface area contributed by atoms with Crippen LogP contribution < -0.4 is 0 Å². The highest BCUT2D eigenvalue weighted by molar-refractivity contribution is 5.22. The van der Waals surface area contributed by atoms with E-state index in [0.29, 0.717) is 0 Å². The average Bonchev–Trinajstić information content (AvgIpc) is 2.78. The van der Waals surface area contributed by atoms with Crippen molar-refractivity contribution in [3.8, 4) is 12.3 Å². The predicted molar refractivity (Wildman–Crippen MR) is 72.9 cm³/mol. The van der Waals surface area contributed by atoms with E-state index in [1.807, 2.05) is 16.9 Å². The zero-order valence-electron chi connectivity index (χ0n) is 11.4. The minimum Gasteiger partial charge on any atom is -0.266 e. The van der Waals surface area contributed by atoms with Crippen LogP contribution in [0.4, 0.5) is 0 Å². The minimum atomic E-state index is 0.0707. The van der Waals surface area contributed by atoms with Gasteiger partial charge in [0.25, 0.3) is 0 Å². The Hall–Kier alpha value is -1.23. The van der Waals surface area contributed by atoms with Crippen molar-refractivity contribution in [2.24, 2.45) is 0 Å². The van der Waals surface area contributed by atoms with E-state index in [1.165, 1.54) is 32.1 Å². The molecule has 0 N–H and O–H groups in total. The molecule has 2 nitrogen and oxygen atoms in total. The fourth-order valence-corrected chi connectivity index (χ4v) is 2.01. The van der Waals surface area contributed by atoms with E-state index < -0.39 is 0 Å². The van der Waals surface area contributed by atoms with Crippen molar-refractivity contribution in [2.45, 2.75) is 64.8 Å². The molecule has 17 heavy (non-hydrogen) atoms. The first-order valence-corrected chi connectivity index (χ1v) is 6.63. The predicted octanol–water partition coefficient (Wildman–Crippen LogP) is 3.96. The first-order chi connectivity index (χ1) is 8.10. The van der Waals surface area contributed by atoms with Gasteiger partial charge in [0.15, 0.2) is 0 Å². The molecule has 94 valence electrons. The normalized spacial score (nSPS) is 11.4. The van der Waals surface area contributed by atoms with Gasteiger partial charge in [0.1, 0.15) is 5.69 Å². The Morgan fingerprint density at radius 1 is 1.29 bits per heavy atom. The summed E-state index contributed by atoms with van der Waals surface area (Å²) in [4.78, 5) is 0. The molecule has 0 aliphatic carbocycles. The molecule has 1 rings (SSSR count). The number of terminal acetylenes is 1. The van der Waals surface area contributed by atoms with Crippen molar-refractivity contribution >= 4 is 0 Å². The van der Waals surface area contributed by atoms with Crippen LogP contribution in [0.3, 0.4) is 0 Å². The Kier molecular flexibility index (Phi) is 5.28. The van der Waals surface area contributed by atoms with Crippen LogP contribution in [0, 0.1) is 12.3 Å². The Labute approximate surface area is 105 Å². The van der Waals surface area contributed by atoms with E-state index in [9.17, 15) is 0 Å². The molecule has 2 heteroatoms. The van der Waals surface area contributed by atoms with E-state index in [4.69, 9.17) is 6.42 Å². The number of aromatic nitrogens is 2. The minimum absolute atomic E-state index is 0.0707. The van der Waals surface area contributed by atoms with Crippen molar-refractivity contribution in [2.75, 3.05) is 0 Å². The summed E-state index contributed by atoms with van der Waals surface area (Å²) in [6, 6.07) is 1.90. The van der Waals surface area contributed by atoms with Crippen molar-refractivity contribution in [1.82, 2.24) is 9.78 Å². The van der Waals surface area contributed by atoms with Gasteiger partial charge in [0.05, 0.1) is 5.54 Å². The Bertz CT molecular complexity index is 369. The number of hydrogen-bond donors (Lipinski definition) is 0. The number of hydrogen-bond acceptors (Lipinski definition) is 1. The molecule has 0 aliphatic rings. The fraction of sp³-hybridized carbons (Fsp3) is 0.667. The molecule has 0 radical (unpaired) electrons. The SMILES string of the molecule is C#Cc1ccn(C(C)(C)CCCCCCC)n1. The van der Waals surface area contributed by atoms with Gasteiger partial charge in [0, 0.05) is 6.20 Å². The highest BCUT2D eigenvalue weighted by atomic mass is 15.3. The molecule has 0 spiro atoms. The summed E-state index contributed by atoms with van der Waals surface area (Å²) in [6.45, 7) is 6.69. The smallest absolute Gasteiger partial charge is 0.135 e. The van der Waals surface area contributed by atoms with Crippen LogP contribution in [0.15, 0.2) is 12.3 Å². The van der Waals surface area contributed by atoms with E-state index >= 15 is 0 Å². The second kappa shape index (κ2) is 6.49. The molecule has 1 aromatic heterocycles. The maximum atomic E-state index is 5.34. The highest BCUT2D eigenvalue weighted by Crippen LogP contribution is 2.22. The van der Waals surface area contributed by atoms with Crippen LogP contribution in [0.5, 0.6) is 0 Å². The first kappa shape index (κ1) is 13.8. The van der Waals surface area contributed by atoms with Crippen molar-refractivity contribution < 1.29 is 0 Å². The van der Waals surface area contributed by atoms with Gasteiger partial charge in [-0.05, 0) is 32.3 Å². The summed E-state index contributed by atoms with van der Waals surface area (Å²) >= 11 is 0. The van der Waals surface area contributed by atoms with Gasteiger partial charge in [0.2, 0.25) is 0 Å². The van der Waals surface area contributed by atoms with Crippen molar-refractivity contribution in [3.05, 3.63) is 18.0 Å². The molecule has 0 aromatic carbocycles. The van der Waals surface area contributed by atoms with Gasteiger partial charge in [-0.25, -0.2) is 0 Å². The summed E-state index contributed by atoms with van der Waals surface area (Å²) in [5.41, 5.74) is 0.797. The summed E-state index contributed by atoms with van der Waals surface area (Å²) in [7, 11) is 0. The lowest BCUT2D eigenvalue weighted by Gasteiger charge is -2.25. The molecular weight excluding hydrogens is 208 g/mol. The topological polar surface area (TPSA) is 17.8 Å². The molecule has 0 saturated heterocycles. The molecule has 0 atom stereocenters. The molecule has 0 aliphatic heterocycles. The average molecular weight is 232 g/mol. The molecule has 0 fully saturated rings. The second-order valence-corrected chi connectivity index (χ2v) is 5.27. The van der Waals surface area contributed by atoms with Crippen LogP contribution in [0.1, 0.15) is 65.0 Å². The molecule has 1 aromatic rings. The van der Waals surface area contributed by atoms with Crippen LogP contribution in [-0.2, 0) is 5.54 Å². The van der Waals surface area contributed by atoms with Gasteiger partial charge in [-0.3, -0.25) is 4.68 Å². The zero-order chi connectivity index (χ0) is 12.7. The molecule has 0 amide bonds. The van der Waals surface area contributed by atoms with E-state index in [-0.39, 0.29) is 5.54 Å². The van der Waals surface area contributed by atoms with Crippen LogP contribution >= 0.6 is 0 Å². The van der Waals surface area contributed by atoms with Crippen molar-refractivity contribution in [3.63, 3.8) is 0 Å². The van der Waals surface area contributed by atoms with Crippen LogP contribution in [0.25, 0.3) is 0 Å². The summed E-state index contributed by atoms with van der Waals surface area (Å²) in [5, 5.41) is 4.40. The van der Waals surface area contributed by atoms with E-state index in [1.54, 1.807) is 0 Å². The molecule has 1 heterocycles. The standard InChI is InChI=1S/C15H24N2/c1-5-7-8-9-10-12-15(3,4)17-13-11-14(6-2)16-17/h2,11,13H,5,7-10,12H2,1,3-4H3. The lowest BCUT2D eigenvalue weighted by atomic mass is 9.96. The van der Waals surface area contributed by atoms with Gasteiger partial charge in [-0.15, -0.1) is 6.42 Å². The molecule has 0 saturated carbocycles. The van der Waals surface area contributed by atoms with E-state index in [2.05, 4.69) is 31.8 Å². The highest BCUT2D eigenvalue weighted by Gasteiger charge is 2.20. The third kappa shape index (κ3) is 4.26. The quantitative estimate of drug-likeness (QED) is 0.514. The lowest BCUT2D eigenvalue weighted by molar-refractivity contribution is 0.283. The number of rotatable bonds is 7. The molecule has 0 unspecified atom stereocenters. The lowest BCUT2D eigenvalue weighted by Crippen LogP contribution is -2.26. The van der Waals surface area contributed by atoms with Crippen molar-refractivity contribution in [1.29, 1.82) is 0 Å². The Balaban J connectivity index is 2.42. The largest absolute Gasteiger partial charge is 0.266 e. The fourth-order valence-electron chi connectivity index (χ4n) is 2.01. The number of unbranched alkanes of at least 4 members (excludes halogenated alkanes) is 4. The maximum absolute atomic E-state index is 5.34. The molecular formula is C15H24N2. The zero-order valence-corrected chi connectivity index (χ0v) is 11.4. The van der Waals surface area contributed by atoms with Crippen LogP contribution in [0.2, 0.25) is 0 Å². The number of nitrogens with zero attached hydrogens (tertiary/aromatic N) is 2. The van der Waals surface area contributed by atoms with Gasteiger partial charge in [-0.1, -0.05) is 39.0 Å². The second-order valence-electron chi connectivity index (χ2n) is 5.27. The van der Waals surface area contributed by atoms with Gasteiger partial charge < -0.3 is 0 Å². The monoisotopic (exact) mass is 232 g/mol. The van der Waals surface area contributed by atoms with Gasteiger partial charge in [-0.2, -0.15) is 5.10 Å². The third-order valence-corrected chi connectivity index (χ3v) is 3.25. The summed E-state index contributed by atoms with van der Waals surface area (Å²) in [6.07, 6.45) is 15.1. The third-order valence-electron chi connectivity index (χ3n) is 3.25. The first-order valence-electron chi connectivity index (χ1n) is 6.63. The summed E-state index contributed by atoms with van der Waals surface area (Å²) in [5.74, 6) is 2.57. The van der Waals surface area contributed by atoms with E-state index in [0.717, 1.165) is 12.1 Å².